The van der Waals surface area contributed by atoms with Crippen LogP contribution in [-0.4, -0.2) is 11.4 Å². The predicted molar refractivity (Wildman–Crippen MR) is 97.7 cm³/mol. The number of nitrogens with one attached hydrogen (secondary N) is 1. The van der Waals surface area contributed by atoms with Crippen molar-refractivity contribution >= 4 is 5.91 Å². The number of benzene rings is 1. The van der Waals surface area contributed by atoms with Gasteiger partial charge in [-0.25, -0.2) is 8.78 Å². The molecule has 4 fully saturated rings. The summed E-state index contributed by atoms with van der Waals surface area (Å²) in [7, 11) is 0. The second-order valence-corrected chi connectivity index (χ2v) is 9.00. The fourth-order valence-electron chi connectivity index (χ4n) is 5.96. The molecule has 1 aromatic heterocycles. The molecule has 1 amide bonds. The van der Waals surface area contributed by atoms with E-state index in [4.69, 9.17) is 9.15 Å². The topological polar surface area (TPSA) is 51.5 Å². The number of halogens is 4. The maximum absolute atomic E-state index is 13.7. The van der Waals surface area contributed by atoms with Gasteiger partial charge in [-0.3, -0.25) is 4.79 Å². The van der Waals surface area contributed by atoms with Crippen LogP contribution in [0, 0.1) is 41.0 Å². The van der Waals surface area contributed by atoms with Gasteiger partial charge in [0.25, 0.3) is 5.91 Å². The third-order valence-corrected chi connectivity index (χ3v) is 6.73. The Morgan fingerprint density at radius 2 is 1.57 bits per heavy atom. The summed E-state index contributed by atoms with van der Waals surface area (Å²) in [5.74, 6) is -5.67. The van der Waals surface area contributed by atoms with Crippen molar-refractivity contribution in [2.75, 3.05) is 0 Å². The molecule has 4 nitrogen and oxygen atoms in total. The Balaban J connectivity index is 1.26. The Hall–Kier alpha value is -2.51. The second-order valence-electron chi connectivity index (χ2n) is 9.00. The smallest absolute Gasteiger partial charge is 0.287 e. The number of carbonyl (C=O) groups is 1. The minimum absolute atomic E-state index is 0.0655. The lowest BCUT2D eigenvalue weighted by atomic mass is 9.53. The summed E-state index contributed by atoms with van der Waals surface area (Å²) in [5, 5.41) is 3.17. The Labute approximate surface area is 170 Å². The molecule has 0 spiro atoms. The summed E-state index contributed by atoms with van der Waals surface area (Å²) in [5.41, 5.74) is -0.180. The van der Waals surface area contributed by atoms with Crippen LogP contribution in [0.1, 0.15) is 54.8 Å². The molecule has 2 aromatic rings. The number of hydrogen-bond donors (Lipinski definition) is 1. The van der Waals surface area contributed by atoms with Gasteiger partial charge in [0.1, 0.15) is 12.4 Å². The average molecular weight is 423 g/mol. The van der Waals surface area contributed by atoms with Crippen molar-refractivity contribution < 1.29 is 31.5 Å². The molecule has 1 heterocycles. The first-order chi connectivity index (χ1) is 14.3. The van der Waals surface area contributed by atoms with Crippen LogP contribution in [0.3, 0.4) is 0 Å². The van der Waals surface area contributed by atoms with E-state index in [-0.39, 0.29) is 29.0 Å². The highest BCUT2D eigenvalue weighted by Crippen LogP contribution is 2.55. The van der Waals surface area contributed by atoms with Gasteiger partial charge in [-0.1, -0.05) is 0 Å². The van der Waals surface area contributed by atoms with Crippen LogP contribution in [-0.2, 0) is 6.61 Å². The van der Waals surface area contributed by atoms with E-state index < -0.39 is 35.6 Å². The van der Waals surface area contributed by atoms with Crippen molar-refractivity contribution in [3.63, 3.8) is 0 Å². The zero-order chi connectivity index (χ0) is 21.0. The van der Waals surface area contributed by atoms with E-state index in [1.54, 1.807) is 0 Å². The zero-order valence-electron chi connectivity index (χ0n) is 16.2. The third-order valence-electron chi connectivity index (χ3n) is 6.73. The third kappa shape index (κ3) is 3.36. The van der Waals surface area contributed by atoms with Gasteiger partial charge in [0.2, 0.25) is 11.6 Å². The Morgan fingerprint density at radius 1 is 1.00 bits per heavy atom. The molecule has 8 heteroatoms. The highest BCUT2D eigenvalue weighted by molar-refractivity contribution is 5.92. The van der Waals surface area contributed by atoms with Crippen LogP contribution >= 0.6 is 0 Å². The molecule has 4 aliphatic rings. The molecule has 4 aliphatic carbocycles. The van der Waals surface area contributed by atoms with Crippen LogP contribution in [0.4, 0.5) is 17.6 Å². The number of furan rings is 1. The molecule has 4 bridgehead atoms. The summed E-state index contributed by atoms with van der Waals surface area (Å²) in [6.07, 6.45) is 6.74. The molecule has 1 aromatic carbocycles. The SMILES string of the molecule is O=C(NC12CC3CC(CC(C3)C1)C2)c1ccc(COc2c(F)c(F)cc(F)c2F)o1. The number of rotatable bonds is 5. The van der Waals surface area contributed by atoms with Crippen LogP contribution in [0.15, 0.2) is 22.6 Å². The highest BCUT2D eigenvalue weighted by Gasteiger charge is 2.51. The lowest BCUT2D eigenvalue weighted by Gasteiger charge is -2.56. The molecular weight excluding hydrogens is 402 g/mol. The normalized spacial score (nSPS) is 29.3. The fourth-order valence-corrected chi connectivity index (χ4v) is 5.96. The summed E-state index contributed by atoms with van der Waals surface area (Å²) in [4.78, 5) is 12.7. The Morgan fingerprint density at radius 3 is 2.13 bits per heavy atom. The van der Waals surface area contributed by atoms with Gasteiger partial charge in [0, 0.05) is 11.6 Å². The van der Waals surface area contributed by atoms with Gasteiger partial charge in [-0.2, -0.15) is 8.78 Å². The van der Waals surface area contributed by atoms with Crippen molar-refractivity contribution in [1.29, 1.82) is 0 Å². The monoisotopic (exact) mass is 423 g/mol. The molecule has 4 saturated carbocycles. The second kappa shape index (κ2) is 7.03. The summed E-state index contributed by atoms with van der Waals surface area (Å²) in [6.45, 7) is -0.485. The van der Waals surface area contributed by atoms with Crippen LogP contribution in [0.25, 0.3) is 0 Å². The molecule has 160 valence electrons. The van der Waals surface area contributed by atoms with Gasteiger partial charge in [0.15, 0.2) is 23.1 Å². The minimum Gasteiger partial charge on any atom is -0.479 e. The zero-order valence-corrected chi connectivity index (χ0v) is 16.2. The number of hydrogen-bond acceptors (Lipinski definition) is 3. The molecular formula is C22H21F4NO3. The van der Waals surface area contributed by atoms with Gasteiger partial charge in [-0.15, -0.1) is 0 Å². The molecule has 0 atom stereocenters. The van der Waals surface area contributed by atoms with Crippen molar-refractivity contribution in [3.05, 3.63) is 53.0 Å². The molecule has 6 rings (SSSR count). The maximum atomic E-state index is 13.7. The van der Waals surface area contributed by atoms with E-state index in [1.807, 2.05) is 0 Å². The number of carbonyl (C=O) groups excluding carboxylic acids is 1. The molecule has 0 radical (unpaired) electrons. The van der Waals surface area contributed by atoms with Gasteiger partial charge in [-0.05, 0) is 68.4 Å². The Kier molecular flexibility index (Phi) is 4.56. The summed E-state index contributed by atoms with van der Waals surface area (Å²) < 4.78 is 64.3. The van der Waals surface area contributed by atoms with E-state index in [1.165, 1.54) is 31.4 Å². The van der Waals surface area contributed by atoms with Gasteiger partial charge in [0.05, 0.1) is 0 Å². The molecule has 1 N–H and O–H groups in total. The maximum Gasteiger partial charge on any atom is 0.287 e. The highest BCUT2D eigenvalue weighted by atomic mass is 19.2. The van der Waals surface area contributed by atoms with Crippen LogP contribution < -0.4 is 10.1 Å². The van der Waals surface area contributed by atoms with Crippen molar-refractivity contribution in [2.24, 2.45) is 17.8 Å². The van der Waals surface area contributed by atoms with E-state index in [0.29, 0.717) is 17.8 Å². The first kappa shape index (κ1) is 19.5. The summed E-state index contributed by atoms with van der Waals surface area (Å²) in [6, 6.07) is 2.99. The minimum atomic E-state index is -1.62. The van der Waals surface area contributed by atoms with E-state index in [9.17, 15) is 22.4 Å². The van der Waals surface area contributed by atoms with Crippen LogP contribution in [0.5, 0.6) is 5.75 Å². The van der Waals surface area contributed by atoms with E-state index in [2.05, 4.69) is 5.32 Å². The molecule has 0 saturated heterocycles. The largest absolute Gasteiger partial charge is 0.479 e. The lowest BCUT2D eigenvalue weighted by Crippen LogP contribution is -2.59. The quantitative estimate of drug-likeness (QED) is 0.537. The summed E-state index contributed by atoms with van der Waals surface area (Å²) >= 11 is 0. The molecule has 0 aliphatic heterocycles. The van der Waals surface area contributed by atoms with Crippen molar-refractivity contribution in [3.8, 4) is 5.75 Å². The Bertz CT molecular complexity index is 941. The van der Waals surface area contributed by atoms with Crippen molar-refractivity contribution in [1.82, 2.24) is 5.32 Å². The first-order valence-electron chi connectivity index (χ1n) is 10.2. The predicted octanol–water partition coefficient (Wildman–Crippen LogP) is 5.11. The van der Waals surface area contributed by atoms with Crippen molar-refractivity contribution in [2.45, 2.75) is 50.7 Å². The first-order valence-corrected chi connectivity index (χ1v) is 10.2. The molecule has 30 heavy (non-hydrogen) atoms. The molecule has 0 unspecified atom stereocenters. The van der Waals surface area contributed by atoms with E-state index in [0.717, 1.165) is 19.3 Å². The number of ether oxygens (including phenoxy) is 1. The number of amides is 1. The van der Waals surface area contributed by atoms with Crippen LogP contribution in [0.2, 0.25) is 0 Å². The van der Waals surface area contributed by atoms with Gasteiger partial charge < -0.3 is 14.5 Å². The fraction of sp³-hybridized carbons (Fsp3) is 0.500. The van der Waals surface area contributed by atoms with E-state index >= 15 is 0 Å². The average Bonchev–Trinajstić information content (AvgIpc) is 3.14. The lowest BCUT2D eigenvalue weighted by molar-refractivity contribution is -0.0171. The standard InChI is InChI=1S/C22H21F4NO3/c23-15-6-16(24)19(26)20(18(15)25)29-10-14-1-2-17(30-14)21(28)27-22-7-11-3-12(8-22)5-13(4-11)9-22/h1-2,6,11-13H,3-5,7-10H2,(H,27,28). The van der Waals surface area contributed by atoms with Gasteiger partial charge >= 0.3 is 0 Å².